The Morgan fingerprint density at radius 2 is 1.80 bits per heavy atom. The van der Waals surface area contributed by atoms with Crippen molar-refractivity contribution in [1.29, 1.82) is 0 Å². The zero-order valence-electron chi connectivity index (χ0n) is 19.1. The summed E-state index contributed by atoms with van der Waals surface area (Å²) in [5.41, 5.74) is 2.26. The van der Waals surface area contributed by atoms with Gasteiger partial charge in [0.05, 0.1) is 31.0 Å². The molecule has 3 amide bonds. The molecule has 1 unspecified atom stereocenters. The van der Waals surface area contributed by atoms with Crippen molar-refractivity contribution in [3.05, 3.63) is 77.4 Å². The summed E-state index contributed by atoms with van der Waals surface area (Å²) in [4.78, 5) is 42.9. The summed E-state index contributed by atoms with van der Waals surface area (Å²) < 4.78 is 10.9. The van der Waals surface area contributed by atoms with Gasteiger partial charge in [-0.25, -0.2) is 0 Å². The molecule has 0 aromatic heterocycles. The zero-order valence-corrected chi connectivity index (χ0v) is 19.1. The van der Waals surface area contributed by atoms with Crippen LogP contribution in [0.5, 0.6) is 17.2 Å². The van der Waals surface area contributed by atoms with Crippen molar-refractivity contribution in [1.82, 2.24) is 4.90 Å². The van der Waals surface area contributed by atoms with Crippen LogP contribution in [0, 0.1) is 0 Å². The van der Waals surface area contributed by atoms with Crippen LogP contribution in [0.3, 0.4) is 0 Å². The van der Waals surface area contributed by atoms with Gasteiger partial charge in [-0.3, -0.25) is 19.3 Å². The number of hydrogen-bond acceptors (Lipinski definition) is 6. The number of fused-ring (bicyclic) bond motifs is 5. The summed E-state index contributed by atoms with van der Waals surface area (Å²) in [6.45, 7) is 0.0695. The van der Waals surface area contributed by atoms with E-state index in [9.17, 15) is 19.5 Å². The Balaban J connectivity index is 1.51. The van der Waals surface area contributed by atoms with E-state index in [1.807, 2.05) is 0 Å². The number of methoxy groups -OCH3 is 2. The van der Waals surface area contributed by atoms with E-state index in [4.69, 9.17) is 9.47 Å². The van der Waals surface area contributed by atoms with Gasteiger partial charge in [-0.05, 0) is 30.3 Å². The summed E-state index contributed by atoms with van der Waals surface area (Å²) in [6.07, 6.45) is -0.738. The molecule has 0 aliphatic carbocycles. The fraction of sp³-hybridized carbons (Fsp3) is 0.192. The molecule has 0 spiro atoms. The molecular formula is C26H23N3O6. The van der Waals surface area contributed by atoms with E-state index in [1.54, 1.807) is 53.4 Å². The van der Waals surface area contributed by atoms with Crippen LogP contribution in [-0.4, -0.2) is 48.5 Å². The fourth-order valence-electron chi connectivity index (χ4n) is 4.68. The standard InChI is InChI=1S/C26H23N3O6/c1-34-20-11-10-18-22(23(20)35-2)26(33)29-19-9-4-3-8-17(19)25(32)28(24(18)29)13-12-21(31)27-15-6-5-7-16(30)14-15/h3-11,14,24,30H,12-13H2,1-2H3,(H,27,31). The Labute approximate surface area is 201 Å². The number of anilines is 2. The smallest absolute Gasteiger partial charge is 0.264 e. The molecule has 2 aliphatic heterocycles. The first-order chi connectivity index (χ1) is 16.9. The number of aromatic hydroxyl groups is 1. The van der Waals surface area contributed by atoms with Crippen molar-refractivity contribution in [2.45, 2.75) is 12.6 Å². The largest absolute Gasteiger partial charge is 0.508 e. The minimum absolute atomic E-state index is 0.00921. The van der Waals surface area contributed by atoms with Gasteiger partial charge in [-0.15, -0.1) is 0 Å². The Hall–Kier alpha value is -4.53. The van der Waals surface area contributed by atoms with Crippen LogP contribution in [0.15, 0.2) is 60.7 Å². The lowest BCUT2D eigenvalue weighted by Crippen LogP contribution is -2.49. The molecule has 9 heteroatoms. The van der Waals surface area contributed by atoms with E-state index in [2.05, 4.69) is 5.32 Å². The second-order valence-corrected chi connectivity index (χ2v) is 8.18. The van der Waals surface area contributed by atoms with Crippen LogP contribution in [0.2, 0.25) is 0 Å². The lowest BCUT2D eigenvalue weighted by Gasteiger charge is -2.40. The number of phenols is 1. The summed E-state index contributed by atoms with van der Waals surface area (Å²) in [5, 5.41) is 12.4. The molecule has 3 aromatic carbocycles. The van der Waals surface area contributed by atoms with Crippen LogP contribution in [0.1, 0.15) is 38.9 Å². The van der Waals surface area contributed by atoms with E-state index < -0.39 is 6.17 Å². The minimum atomic E-state index is -0.728. The number of ether oxygens (including phenoxy) is 2. The topological polar surface area (TPSA) is 108 Å². The highest BCUT2D eigenvalue weighted by atomic mass is 16.5. The van der Waals surface area contributed by atoms with Crippen LogP contribution in [-0.2, 0) is 4.79 Å². The van der Waals surface area contributed by atoms with Gasteiger partial charge in [-0.1, -0.05) is 24.3 Å². The molecule has 0 saturated heterocycles. The van der Waals surface area contributed by atoms with E-state index in [0.29, 0.717) is 39.6 Å². The van der Waals surface area contributed by atoms with E-state index in [0.717, 1.165) is 0 Å². The lowest BCUT2D eigenvalue weighted by atomic mass is 10.0. The maximum absolute atomic E-state index is 13.7. The molecule has 178 valence electrons. The minimum Gasteiger partial charge on any atom is -0.508 e. The van der Waals surface area contributed by atoms with Crippen molar-refractivity contribution in [2.24, 2.45) is 0 Å². The average molecular weight is 473 g/mol. The number of nitrogens with zero attached hydrogens (tertiary/aromatic N) is 2. The molecule has 9 nitrogen and oxygen atoms in total. The third kappa shape index (κ3) is 3.61. The zero-order chi connectivity index (χ0) is 24.7. The molecule has 2 aliphatic rings. The van der Waals surface area contributed by atoms with Gasteiger partial charge < -0.3 is 24.8 Å². The van der Waals surface area contributed by atoms with Gasteiger partial charge in [0.2, 0.25) is 5.91 Å². The monoisotopic (exact) mass is 473 g/mol. The number of phenolic OH excluding ortho intramolecular Hbond substituents is 1. The molecule has 5 rings (SSSR count). The van der Waals surface area contributed by atoms with E-state index in [-0.39, 0.29) is 36.4 Å². The third-order valence-corrected chi connectivity index (χ3v) is 6.19. The number of amides is 3. The second-order valence-electron chi connectivity index (χ2n) is 8.18. The number of carbonyl (C=O) groups excluding carboxylic acids is 3. The van der Waals surface area contributed by atoms with Gasteiger partial charge in [0.15, 0.2) is 11.5 Å². The quantitative estimate of drug-likeness (QED) is 0.567. The predicted octanol–water partition coefficient (Wildman–Crippen LogP) is 3.55. The summed E-state index contributed by atoms with van der Waals surface area (Å²) in [7, 11) is 2.96. The highest BCUT2D eigenvalue weighted by Crippen LogP contribution is 2.49. The lowest BCUT2D eigenvalue weighted by molar-refractivity contribution is -0.116. The maximum Gasteiger partial charge on any atom is 0.264 e. The highest BCUT2D eigenvalue weighted by Gasteiger charge is 2.49. The normalized spacial score (nSPS) is 15.9. The van der Waals surface area contributed by atoms with Crippen molar-refractivity contribution in [3.63, 3.8) is 0 Å². The van der Waals surface area contributed by atoms with Crippen molar-refractivity contribution < 1.29 is 29.0 Å². The van der Waals surface area contributed by atoms with Crippen LogP contribution in [0.4, 0.5) is 11.4 Å². The second kappa shape index (κ2) is 8.68. The molecule has 3 aromatic rings. The number of nitrogens with one attached hydrogen (secondary N) is 1. The first-order valence-electron chi connectivity index (χ1n) is 11.0. The Morgan fingerprint density at radius 1 is 1.00 bits per heavy atom. The molecular weight excluding hydrogens is 450 g/mol. The van der Waals surface area contributed by atoms with Gasteiger partial charge in [0, 0.05) is 30.3 Å². The van der Waals surface area contributed by atoms with Crippen molar-refractivity contribution >= 4 is 29.1 Å². The summed E-state index contributed by atoms with van der Waals surface area (Å²) >= 11 is 0. The molecule has 0 radical (unpaired) electrons. The third-order valence-electron chi connectivity index (χ3n) is 6.19. The van der Waals surface area contributed by atoms with E-state index in [1.165, 1.54) is 31.3 Å². The van der Waals surface area contributed by atoms with Crippen LogP contribution < -0.4 is 19.7 Å². The molecule has 0 saturated carbocycles. The molecule has 1 atom stereocenters. The number of carbonyl (C=O) groups is 3. The molecule has 35 heavy (non-hydrogen) atoms. The molecule has 0 bridgehead atoms. The first kappa shape index (κ1) is 22.3. The summed E-state index contributed by atoms with van der Waals surface area (Å²) in [5.74, 6) is -0.165. The Morgan fingerprint density at radius 3 is 2.54 bits per heavy atom. The van der Waals surface area contributed by atoms with Gasteiger partial charge in [-0.2, -0.15) is 0 Å². The highest BCUT2D eigenvalue weighted by molar-refractivity contribution is 6.18. The number of benzene rings is 3. The van der Waals surface area contributed by atoms with Crippen LogP contribution >= 0.6 is 0 Å². The summed E-state index contributed by atoms with van der Waals surface area (Å²) in [6, 6.07) is 16.6. The van der Waals surface area contributed by atoms with E-state index >= 15 is 0 Å². The number of hydrogen-bond donors (Lipinski definition) is 2. The van der Waals surface area contributed by atoms with Gasteiger partial charge in [0.1, 0.15) is 11.9 Å². The maximum atomic E-state index is 13.7. The Bertz CT molecular complexity index is 1350. The first-order valence-corrected chi connectivity index (χ1v) is 11.0. The van der Waals surface area contributed by atoms with Gasteiger partial charge in [0.25, 0.3) is 11.8 Å². The Kier molecular flexibility index (Phi) is 5.52. The molecule has 2 N–H and O–H groups in total. The van der Waals surface area contributed by atoms with Gasteiger partial charge >= 0.3 is 0 Å². The van der Waals surface area contributed by atoms with Crippen molar-refractivity contribution in [2.75, 3.05) is 31.0 Å². The van der Waals surface area contributed by atoms with Crippen molar-refractivity contribution in [3.8, 4) is 17.2 Å². The number of rotatable bonds is 6. The molecule has 0 fully saturated rings. The molecule has 2 heterocycles. The SMILES string of the molecule is COc1ccc2c(c1OC)C(=O)N1c3ccccc3C(=O)N(CCC(=O)Nc3cccc(O)c3)C21. The van der Waals surface area contributed by atoms with Crippen LogP contribution in [0.25, 0.3) is 0 Å². The number of para-hydroxylation sites is 1. The average Bonchev–Trinajstić information content (AvgIpc) is 3.16. The fourth-order valence-corrected chi connectivity index (χ4v) is 4.68. The predicted molar refractivity (Wildman–Crippen MR) is 128 cm³/mol.